The molecule has 3 rings (SSSR count). The quantitative estimate of drug-likeness (QED) is 0.746. The fourth-order valence-electron chi connectivity index (χ4n) is 2.63. The molecule has 2 aromatic heterocycles. The summed E-state index contributed by atoms with van der Waals surface area (Å²) in [7, 11) is 1.93. The fraction of sp³-hybridized carbons (Fsp3) is 0.176. The summed E-state index contributed by atoms with van der Waals surface area (Å²) in [4.78, 5) is 17.0. The Bertz CT molecular complexity index is 863. The minimum Gasteiger partial charge on any atom is -0.350 e. The van der Waals surface area contributed by atoms with Gasteiger partial charge in [-0.15, -0.1) is 0 Å². The van der Waals surface area contributed by atoms with Crippen molar-refractivity contribution in [2.75, 3.05) is 5.32 Å². The molecule has 1 amide bonds. The molecular weight excluding hydrogens is 342 g/mol. The molecule has 112 valence electrons. The summed E-state index contributed by atoms with van der Waals surface area (Å²) in [6.07, 6.45) is 1.84. The molecule has 0 spiro atoms. The van der Waals surface area contributed by atoms with Crippen molar-refractivity contribution in [3.8, 4) is 0 Å². The number of carbonyl (C=O) groups excluding carboxylic acids is 1. The zero-order chi connectivity index (χ0) is 15.9. The van der Waals surface area contributed by atoms with Crippen LogP contribution < -0.4 is 5.32 Å². The second kappa shape index (κ2) is 5.57. The molecule has 0 saturated heterocycles. The summed E-state index contributed by atoms with van der Waals surface area (Å²) < 4.78 is 2.90. The Morgan fingerprint density at radius 2 is 2.00 bits per heavy atom. The molecule has 5 heteroatoms. The van der Waals surface area contributed by atoms with Crippen molar-refractivity contribution in [1.82, 2.24) is 9.55 Å². The zero-order valence-corrected chi connectivity index (χ0v) is 14.2. The standard InChI is InChI=1S/C17H16BrN3O/c1-10-6-11(2)19-16(7-10)20-17(22)14-9-21(3)15-5-4-12(18)8-13(14)15/h4-9H,1-3H3,(H,19,20,22). The first kappa shape index (κ1) is 14.8. The number of aryl methyl sites for hydroxylation is 3. The predicted molar refractivity (Wildman–Crippen MR) is 92.3 cm³/mol. The summed E-state index contributed by atoms with van der Waals surface area (Å²) in [5, 5.41) is 3.80. The van der Waals surface area contributed by atoms with Gasteiger partial charge in [-0.1, -0.05) is 15.9 Å². The van der Waals surface area contributed by atoms with E-state index < -0.39 is 0 Å². The highest BCUT2D eigenvalue weighted by Gasteiger charge is 2.15. The Kier molecular flexibility index (Phi) is 3.74. The number of hydrogen-bond acceptors (Lipinski definition) is 2. The van der Waals surface area contributed by atoms with Gasteiger partial charge in [-0.05, 0) is 49.7 Å². The molecular formula is C17H16BrN3O. The average molecular weight is 358 g/mol. The number of pyridine rings is 1. The lowest BCUT2D eigenvalue weighted by Gasteiger charge is -2.06. The third-order valence-corrected chi connectivity index (χ3v) is 4.03. The lowest BCUT2D eigenvalue weighted by atomic mass is 10.1. The highest BCUT2D eigenvalue weighted by atomic mass is 79.9. The molecule has 0 bridgehead atoms. The maximum atomic E-state index is 12.6. The summed E-state index contributed by atoms with van der Waals surface area (Å²) in [5.74, 6) is 0.427. The van der Waals surface area contributed by atoms with E-state index in [1.54, 1.807) is 0 Å². The van der Waals surface area contributed by atoms with E-state index in [1.165, 1.54) is 0 Å². The number of nitrogens with one attached hydrogen (secondary N) is 1. The summed E-state index contributed by atoms with van der Waals surface area (Å²) in [6.45, 7) is 3.90. The van der Waals surface area contributed by atoms with Gasteiger partial charge >= 0.3 is 0 Å². The van der Waals surface area contributed by atoms with Gasteiger partial charge < -0.3 is 9.88 Å². The van der Waals surface area contributed by atoms with Crippen molar-refractivity contribution in [2.24, 2.45) is 7.05 Å². The molecule has 22 heavy (non-hydrogen) atoms. The Balaban J connectivity index is 2.00. The van der Waals surface area contributed by atoms with Gasteiger partial charge in [-0.2, -0.15) is 0 Å². The number of aromatic nitrogens is 2. The van der Waals surface area contributed by atoms with E-state index in [0.717, 1.165) is 26.6 Å². The third kappa shape index (κ3) is 2.76. The predicted octanol–water partition coefficient (Wildman–Crippen LogP) is 4.20. The second-order valence-corrected chi connectivity index (χ2v) is 6.36. The van der Waals surface area contributed by atoms with Crippen LogP contribution in [0.3, 0.4) is 0 Å². The minimum absolute atomic E-state index is 0.152. The Hall–Kier alpha value is -2.14. The Morgan fingerprint density at radius 1 is 1.23 bits per heavy atom. The normalized spacial score (nSPS) is 10.9. The molecule has 1 N–H and O–H groups in total. The molecule has 0 aliphatic carbocycles. The van der Waals surface area contributed by atoms with E-state index in [2.05, 4.69) is 26.2 Å². The lowest BCUT2D eigenvalue weighted by Crippen LogP contribution is -2.13. The van der Waals surface area contributed by atoms with Crippen LogP contribution in [0.5, 0.6) is 0 Å². The highest BCUT2D eigenvalue weighted by molar-refractivity contribution is 9.10. The van der Waals surface area contributed by atoms with Crippen LogP contribution >= 0.6 is 15.9 Å². The van der Waals surface area contributed by atoms with Gasteiger partial charge in [-0.3, -0.25) is 4.79 Å². The van der Waals surface area contributed by atoms with Gasteiger partial charge in [0.2, 0.25) is 0 Å². The smallest absolute Gasteiger partial charge is 0.258 e. The number of benzene rings is 1. The number of hydrogen-bond donors (Lipinski definition) is 1. The average Bonchev–Trinajstić information content (AvgIpc) is 2.74. The molecule has 2 heterocycles. The molecule has 0 fully saturated rings. The van der Waals surface area contributed by atoms with Crippen molar-refractivity contribution >= 4 is 38.6 Å². The lowest BCUT2D eigenvalue weighted by molar-refractivity contribution is 0.102. The van der Waals surface area contributed by atoms with Crippen LogP contribution in [-0.2, 0) is 7.05 Å². The summed E-state index contributed by atoms with van der Waals surface area (Å²) in [6, 6.07) is 9.76. The second-order valence-electron chi connectivity index (χ2n) is 5.44. The molecule has 1 aromatic carbocycles. The fourth-order valence-corrected chi connectivity index (χ4v) is 3.00. The van der Waals surface area contributed by atoms with E-state index in [4.69, 9.17) is 0 Å². The molecule has 0 radical (unpaired) electrons. The van der Waals surface area contributed by atoms with Crippen molar-refractivity contribution in [2.45, 2.75) is 13.8 Å². The zero-order valence-electron chi connectivity index (χ0n) is 12.6. The van der Waals surface area contributed by atoms with E-state index in [0.29, 0.717) is 11.4 Å². The van der Waals surface area contributed by atoms with Crippen molar-refractivity contribution in [3.05, 3.63) is 57.8 Å². The molecule has 0 aliphatic heterocycles. The van der Waals surface area contributed by atoms with E-state index in [9.17, 15) is 4.79 Å². The maximum Gasteiger partial charge on any atom is 0.258 e. The van der Waals surface area contributed by atoms with Crippen molar-refractivity contribution in [3.63, 3.8) is 0 Å². The van der Waals surface area contributed by atoms with E-state index in [1.807, 2.05) is 62.0 Å². The highest BCUT2D eigenvalue weighted by Crippen LogP contribution is 2.25. The first-order valence-corrected chi connectivity index (χ1v) is 7.74. The van der Waals surface area contributed by atoms with Crippen molar-refractivity contribution < 1.29 is 4.79 Å². The molecule has 3 aromatic rings. The van der Waals surface area contributed by atoms with Crippen LogP contribution in [0, 0.1) is 13.8 Å². The van der Waals surface area contributed by atoms with Gasteiger partial charge in [0.15, 0.2) is 0 Å². The summed E-state index contributed by atoms with van der Waals surface area (Å²) >= 11 is 3.46. The molecule has 0 aliphatic rings. The number of nitrogens with zero attached hydrogens (tertiary/aromatic N) is 2. The van der Waals surface area contributed by atoms with Gasteiger partial charge in [0, 0.05) is 34.3 Å². The number of amides is 1. The van der Waals surface area contributed by atoms with Crippen LogP contribution in [0.1, 0.15) is 21.6 Å². The number of rotatable bonds is 2. The summed E-state index contributed by atoms with van der Waals surface area (Å²) in [5.41, 5.74) is 3.61. The van der Waals surface area contributed by atoms with Crippen LogP contribution in [-0.4, -0.2) is 15.5 Å². The number of fused-ring (bicyclic) bond motifs is 1. The van der Waals surface area contributed by atoms with Gasteiger partial charge in [-0.25, -0.2) is 4.98 Å². The first-order valence-electron chi connectivity index (χ1n) is 6.95. The van der Waals surface area contributed by atoms with Gasteiger partial charge in [0.1, 0.15) is 5.82 Å². The van der Waals surface area contributed by atoms with Gasteiger partial charge in [0.05, 0.1) is 5.56 Å². The first-order chi connectivity index (χ1) is 10.4. The third-order valence-electron chi connectivity index (χ3n) is 3.54. The maximum absolute atomic E-state index is 12.6. The molecule has 0 unspecified atom stereocenters. The number of halogens is 1. The topological polar surface area (TPSA) is 46.9 Å². The van der Waals surface area contributed by atoms with Crippen LogP contribution in [0.25, 0.3) is 10.9 Å². The largest absolute Gasteiger partial charge is 0.350 e. The monoisotopic (exact) mass is 357 g/mol. The van der Waals surface area contributed by atoms with Crippen LogP contribution in [0.4, 0.5) is 5.82 Å². The van der Waals surface area contributed by atoms with Crippen molar-refractivity contribution in [1.29, 1.82) is 0 Å². The molecule has 0 saturated carbocycles. The number of anilines is 1. The van der Waals surface area contributed by atoms with Crippen LogP contribution in [0.15, 0.2) is 41.0 Å². The SMILES string of the molecule is Cc1cc(C)nc(NC(=O)c2cn(C)c3ccc(Br)cc23)c1. The van der Waals surface area contributed by atoms with Crippen LogP contribution in [0.2, 0.25) is 0 Å². The molecule has 0 atom stereocenters. The number of carbonyl (C=O) groups is 1. The van der Waals surface area contributed by atoms with E-state index in [-0.39, 0.29) is 5.91 Å². The molecule has 4 nitrogen and oxygen atoms in total. The van der Waals surface area contributed by atoms with E-state index >= 15 is 0 Å². The Labute approximate surface area is 137 Å². The van der Waals surface area contributed by atoms with Gasteiger partial charge in [0.25, 0.3) is 5.91 Å². The minimum atomic E-state index is -0.152. The Morgan fingerprint density at radius 3 is 2.73 bits per heavy atom.